The van der Waals surface area contributed by atoms with Crippen molar-refractivity contribution in [1.82, 2.24) is 10.6 Å². The lowest BCUT2D eigenvalue weighted by molar-refractivity contribution is 0.0880. The van der Waals surface area contributed by atoms with Gasteiger partial charge in [-0.1, -0.05) is 53.5 Å². The quantitative estimate of drug-likeness (QED) is 0.495. The predicted octanol–water partition coefficient (Wildman–Crippen LogP) is 4.87. The summed E-state index contributed by atoms with van der Waals surface area (Å²) in [4.78, 5) is 25.9. The highest BCUT2D eigenvalue weighted by Gasteiger charge is 2.22. The molecule has 0 radical (unpaired) electrons. The summed E-state index contributed by atoms with van der Waals surface area (Å²) in [5.41, 5.74) is 1.18. The minimum Gasteiger partial charge on any atom is -0.496 e. The van der Waals surface area contributed by atoms with Gasteiger partial charge in [0, 0.05) is 0 Å². The van der Waals surface area contributed by atoms with Crippen molar-refractivity contribution < 1.29 is 19.1 Å². The molecule has 160 valence electrons. The summed E-state index contributed by atoms with van der Waals surface area (Å²) in [6, 6.07) is 18.4. The van der Waals surface area contributed by atoms with Crippen molar-refractivity contribution in [3.05, 3.63) is 93.5 Å². The Morgan fingerprint density at radius 1 is 0.742 bits per heavy atom. The Bertz CT molecular complexity index is 1040. The number of nitrogens with one attached hydrogen (secondary N) is 2. The molecule has 3 aromatic rings. The third kappa shape index (κ3) is 5.29. The van der Waals surface area contributed by atoms with Crippen LogP contribution in [0, 0.1) is 0 Å². The van der Waals surface area contributed by atoms with Crippen molar-refractivity contribution in [3.8, 4) is 11.5 Å². The molecule has 0 aromatic heterocycles. The van der Waals surface area contributed by atoms with Crippen molar-refractivity contribution in [2.24, 2.45) is 0 Å². The van der Waals surface area contributed by atoms with Gasteiger partial charge in [0.05, 0.1) is 35.4 Å². The number of rotatable bonds is 7. The molecule has 2 N–H and O–H groups in total. The lowest BCUT2D eigenvalue weighted by Crippen LogP contribution is -2.41. The largest absolute Gasteiger partial charge is 0.496 e. The highest BCUT2D eigenvalue weighted by molar-refractivity contribution is 6.42. The van der Waals surface area contributed by atoms with Crippen molar-refractivity contribution in [2.75, 3.05) is 14.2 Å². The number of amides is 2. The summed E-state index contributed by atoms with van der Waals surface area (Å²) in [5, 5.41) is 6.28. The van der Waals surface area contributed by atoms with E-state index in [1.165, 1.54) is 14.2 Å². The Hall–Kier alpha value is -3.22. The standard InChI is InChI=1S/C23H20Cl2N2O4/c1-30-19-9-5-3-7-15(19)22(28)26-21(14-11-12-17(24)18(25)13-14)27-23(29)16-8-4-6-10-20(16)31-2/h3-13,21H,1-2H3,(H,26,28)(H,27,29). The van der Waals surface area contributed by atoms with Gasteiger partial charge in [-0.15, -0.1) is 0 Å². The maximum absolute atomic E-state index is 13.0. The summed E-state index contributed by atoms with van der Waals surface area (Å²) in [5.74, 6) is -0.0596. The first-order valence-corrected chi connectivity index (χ1v) is 10.0. The number of methoxy groups -OCH3 is 2. The Labute approximate surface area is 190 Å². The summed E-state index contributed by atoms with van der Waals surface area (Å²) >= 11 is 12.2. The molecule has 31 heavy (non-hydrogen) atoms. The molecule has 0 unspecified atom stereocenters. The second kappa shape index (κ2) is 10.2. The zero-order chi connectivity index (χ0) is 22.4. The van der Waals surface area contributed by atoms with E-state index in [0.29, 0.717) is 38.2 Å². The first kappa shape index (κ1) is 22.5. The van der Waals surface area contributed by atoms with Crippen LogP contribution >= 0.6 is 23.2 Å². The third-order valence-electron chi connectivity index (χ3n) is 4.53. The molecule has 0 heterocycles. The van der Waals surface area contributed by atoms with E-state index in [1.54, 1.807) is 66.7 Å². The average molecular weight is 459 g/mol. The van der Waals surface area contributed by atoms with Crippen LogP contribution in [0.4, 0.5) is 0 Å². The van der Waals surface area contributed by atoms with E-state index < -0.39 is 18.0 Å². The SMILES string of the molecule is COc1ccccc1C(=O)NC(NC(=O)c1ccccc1OC)c1ccc(Cl)c(Cl)c1. The van der Waals surface area contributed by atoms with E-state index >= 15 is 0 Å². The Kier molecular flexibility index (Phi) is 7.39. The molecular weight excluding hydrogens is 439 g/mol. The zero-order valence-corrected chi connectivity index (χ0v) is 18.3. The van der Waals surface area contributed by atoms with Crippen LogP contribution < -0.4 is 20.1 Å². The number of ether oxygens (including phenoxy) is 2. The van der Waals surface area contributed by atoms with E-state index in [-0.39, 0.29) is 0 Å². The fraction of sp³-hybridized carbons (Fsp3) is 0.130. The molecule has 8 heteroatoms. The van der Waals surface area contributed by atoms with Crippen molar-refractivity contribution >= 4 is 35.0 Å². The molecule has 0 aliphatic rings. The summed E-state index contributed by atoms with van der Waals surface area (Å²) in [6.45, 7) is 0. The second-order valence-corrected chi connectivity index (χ2v) is 7.27. The zero-order valence-electron chi connectivity index (χ0n) is 16.8. The van der Waals surface area contributed by atoms with Crippen LogP contribution in [0.3, 0.4) is 0 Å². The first-order valence-electron chi connectivity index (χ1n) is 9.27. The maximum Gasteiger partial charge on any atom is 0.256 e. The van der Waals surface area contributed by atoms with Gasteiger partial charge in [0.2, 0.25) is 0 Å². The van der Waals surface area contributed by atoms with E-state index in [9.17, 15) is 9.59 Å². The molecule has 0 bridgehead atoms. The van der Waals surface area contributed by atoms with Gasteiger partial charge in [0.1, 0.15) is 17.7 Å². The molecule has 2 amide bonds. The van der Waals surface area contributed by atoms with Gasteiger partial charge in [-0.05, 0) is 42.0 Å². The molecule has 0 spiro atoms. The maximum atomic E-state index is 13.0. The molecule has 0 saturated heterocycles. The van der Waals surface area contributed by atoms with Crippen LogP contribution in [-0.2, 0) is 0 Å². The van der Waals surface area contributed by atoms with E-state index in [2.05, 4.69) is 10.6 Å². The lowest BCUT2D eigenvalue weighted by Gasteiger charge is -2.22. The second-order valence-electron chi connectivity index (χ2n) is 6.45. The number of halogens is 2. The third-order valence-corrected chi connectivity index (χ3v) is 5.27. The van der Waals surface area contributed by atoms with Crippen LogP contribution in [0.25, 0.3) is 0 Å². The number of hydrogen-bond acceptors (Lipinski definition) is 4. The van der Waals surface area contributed by atoms with Crippen LogP contribution in [0.2, 0.25) is 10.0 Å². The average Bonchev–Trinajstić information content (AvgIpc) is 2.80. The molecule has 0 atom stereocenters. The van der Waals surface area contributed by atoms with E-state index in [1.807, 2.05) is 0 Å². The number of para-hydroxylation sites is 2. The smallest absolute Gasteiger partial charge is 0.256 e. The van der Waals surface area contributed by atoms with Crippen LogP contribution in [0.15, 0.2) is 66.7 Å². The molecular formula is C23H20Cl2N2O4. The van der Waals surface area contributed by atoms with Crippen LogP contribution in [0.1, 0.15) is 32.4 Å². The number of hydrogen-bond donors (Lipinski definition) is 2. The molecule has 6 nitrogen and oxygen atoms in total. The van der Waals surface area contributed by atoms with Crippen LogP contribution in [0.5, 0.6) is 11.5 Å². The van der Waals surface area contributed by atoms with E-state index in [4.69, 9.17) is 32.7 Å². The van der Waals surface area contributed by atoms with Gasteiger partial charge in [-0.2, -0.15) is 0 Å². The highest BCUT2D eigenvalue weighted by Crippen LogP contribution is 2.26. The minimum absolute atomic E-state index is 0.294. The monoisotopic (exact) mass is 458 g/mol. The summed E-state index contributed by atoms with van der Waals surface area (Å²) in [7, 11) is 2.96. The van der Waals surface area contributed by atoms with Gasteiger partial charge in [0.15, 0.2) is 0 Å². The highest BCUT2D eigenvalue weighted by atomic mass is 35.5. The predicted molar refractivity (Wildman–Crippen MR) is 120 cm³/mol. The molecule has 0 aliphatic carbocycles. The first-order chi connectivity index (χ1) is 14.9. The van der Waals surface area contributed by atoms with Crippen molar-refractivity contribution in [1.29, 1.82) is 0 Å². The fourth-order valence-electron chi connectivity index (χ4n) is 2.98. The van der Waals surface area contributed by atoms with Gasteiger partial charge < -0.3 is 20.1 Å². The van der Waals surface area contributed by atoms with Crippen molar-refractivity contribution in [3.63, 3.8) is 0 Å². The Balaban J connectivity index is 1.94. The Morgan fingerprint density at radius 2 is 1.23 bits per heavy atom. The van der Waals surface area contributed by atoms with Gasteiger partial charge >= 0.3 is 0 Å². The molecule has 0 saturated carbocycles. The van der Waals surface area contributed by atoms with Gasteiger partial charge in [-0.3, -0.25) is 9.59 Å². The minimum atomic E-state index is -0.899. The number of benzene rings is 3. The van der Waals surface area contributed by atoms with Gasteiger partial charge in [-0.25, -0.2) is 0 Å². The summed E-state index contributed by atoms with van der Waals surface area (Å²) in [6.07, 6.45) is -0.899. The normalized spacial score (nSPS) is 10.5. The Morgan fingerprint density at radius 3 is 1.68 bits per heavy atom. The molecule has 0 fully saturated rings. The fourth-order valence-corrected chi connectivity index (χ4v) is 3.28. The number of carbonyl (C=O) groups excluding carboxylic acids is 2. The topological polar surface area (TPSA) is 76.7 Å². The van der Waals surface area contributed by atoms with Crippen LogP contribution in [-0.4, -0.2) is 26.0 Å². The molecule has 0 aliphatic heterocycles. The van der Waals surface area contributed by atoms with Gasteiger partial charge in [0.25, 0.3) is 11.8 Å². The lowest BCUT2D eigenvalue weighted by atomic mass is 10.1. The molecule has 3 rings (SSSR count). The van der Waals surface area contributed by atoms with E-state index in [0.717, 1.165) is 0 Å². The van der Waals surface area contributed by atoms with Crippen molar-refractivity contribution in [2.45, 2.75) is 6.17 Å². The number of carbonyl (C=O) groups is 2. The molecule has 3 aromatic carbocycles. The summed E-state index contributed by atoms with van der Waals surface area (Å²) < 4.78 is 10.5.